The van der Waals surface area contributed by atoms with Crippen molar-refractivity contribution in [2.75, 3.05) is 23.0 Å². The van der Waals surface area contributed by atoms with Crippen molar-refractivity contribution in [2.45, 2.75) is 22.7 Å². The average Bonchev–Trinajstić information content (AvgIpc) is 2.33. The minimum Gasteiger partial charge on any atom is -0.370 e. The van der Waals surface area contributed by atoms with Gasteiger partial charge < -0.3 is 11.5 Å². The van der Waals surface area contributed by atoms with Crippen LogP contribution in [-0.2, 0) is 20.2 Å². The third-order valence-electron chi connectivity index (χ3n) is 2.49. The van der Waals surface area contributed by atoms with Crippen molar-refractivity contribution in [1.29, 1.82) is 5.41 Å². The van der Waals surface area contributed by atoms with E-state index in [0.717, 1.165) is 8.87 Å². The molecule has 140 valence electrons. The number of guanidine groups is 1. The van der Waals surface area contributed by atoms with Crippen molar-refractivity contribution in [2.24, 2.45) is 11.5 Å². The first kappa shape index (κ1) is 25.8. The molecule has 0 unspecified atom stereocenters. The number of nitrogens with two attached hydrogens (primary N) is 2. The van der Waals surface area contributed by atoms with Gasteiger partial charge >= 0.3 is 125 Å². The molecule has 0 aliphatic rings. The van der Waals surface area contributed by atoms with E-state index >= 15 is 0 Å². The molecule has 0 aromatic heterocycles. The summed E-state index contributed by atoms with van der Waals surface area (Å²) in [6.07, 6.45) is 0. The van der Waals surface area contributed by atoms with Crippen molar-refractivity contribution in [3.63, 3.8) is 0 Å². The Kier molecular flexibility index (Phi) is 13.5. The zero-order valence-electron chi connectivity index (χ0n) is 13.1. The molecule has 0 bridgehead atoms. The fourth-order valence-corrected chi connectivity index (χ4v) is 30.2. The van der Waals surface area contributed by atoms with Crippen LogP contribution in [0.5, 0.6) is 0 Å². The Bertz CT molecular complexity index is 506. The molecule has 9 nitrogen and oxygen atoms in total. The van der Waals surface area contributed by atoms with Crippen LogP contribution in [0.4, 0.5) is 0 Å². The average molecular weight is 518 g/mol. The Balaban J connectivity index is 0. The standard InChI is InChI=1S/2C2H6O3S2.2C2H5.CH5N3.Sn/c2*3-7(4,5)2-1-6;2*1-2;2-1(3)4;/h2*6H,1-2H2,(H,3,4,5);2*1H2,2H3;(H5,2,3,4);/q;;;;;+2/p-2. The number of nitrogens with one attached hydrogen (secondary N) is 1. The molecule has 0 saturated carbocycles. The van der Waals surface area contributed by atoms with E-state index in [4.69, 9.17) is 14.5 Å². The molecule has 0 saturated heterocycles. The van der Waals surface area contributed by atoms with Crippen LogP contribution in [0.2, 0.25) is 8.87 Å². The van der Waals surface area contributed by atoms with Crippen molar-refractivity contribution >= 4 is 59.7 Å². The maximum absolute atomic E-state index is 10.7. The summed E-state index contributed by atoms with van der Waals surface area (Å²) < 4.78 is 62.0. The number of hydrogen-bond acceptors (Lipinski definition) is 7. The summed E-state index contributed by atoms with van der Waals surface area (Å²) in [4.78, 5) is 0. The second-order valence-electron chi connectivity index (χ2n) is 4.34. The van der Waals surface area contributed by atoms with Crippen molar-refractivity contribution < 1.29 is 25.9 Å². The van der Waals surface area contributed by atoms with Gasteiger partial charge in [0, 0.05) is 0 Å². The summed E-state index contributed by atoms with van der Waals surface area (Å²) in [5.74, 6) is -0.185. The molecule has 0 spiro atoms. The molecule has 14 heteroatoms. The monoisotopic (exact) mass is 519 g/mol. The maximum atomic E-state index is 10.7. The van der Waals surface area contributed by atoms with E-state index in [2.05, 4.69) is 11.5 Å². The molecular formula is C9H25N3O6S4Sn. The van der Waals surface area contributed by atoms with E-state index < -0.39 is 35.8 Å². The Morgan fingerprint density at radius 2 is 1.22 bits per heavy atom. The Morgan fingerprint density at radius 1 is 0.957 bits per heavy atom. The van der Waals surface area contributed by atoms with Gasteiger partial charge in [0.2, 0.25) is 0 Å². The largest absolute Gasteiger partial charge is 0.370 e. The third kappa shape index (κ3) is 18.8. The van der Waals surface area contributed by atoms with Gasteiger partial charge in [-0.1, -0.05) is 0 Å². The molecule has 0 heterocycles. The molecule has 0 aliphatic carbocycles. The molecule has 7 N–H and O–H groups in total. The smallest absolute Gasteiger partial charge is 0.183 e. The molecule has 0 atom stereocenters. The zero-order valence-corrected chi connectivity index (χ0v) is 19.2. The van der Waals surface area contributed by atoms with E-state index in [1.807, 2.05) is 13.8 Å². The van der Waals surface area contributed by atoms with Gasteiger partial charge in [0.1, 0.15) is 0 Å². The summed E-state index contributed by atoms with van der Waals surface area (Å²) >= 11 is -2.66. The van der Waals surface area contributed by atoms with Gasteiger partial charge in [-0.25, -0.2) is 0 Å². The predicted octanol–water partition coefficient (Wildman–Crippen LogP) is 0.549. The quantitative estimate of drug-likeness (QED) is 0.118. The molecule has 0 aromatic carbocycles. The Hall–Kier alpha value is 0.589. The predicted molar refractivity (Wildman–Crippen MR) is 101 cm³/mol. The van der Waals surface area contributed by atoms with Crippen LogP contribution in [0, 0.1) is 5.41 Å². The molecule has 23 heavy (non-hydrogen) atoms. The van der Waals surface area contributed by atoms with Crippen molar-refractivity contribution in [3.05, 3.63) is 0 Å². The van der Waals surface area contributed by atoms with E-state index in [1.54, 1.807) is 17.9 Å². The topological polar surface area (TPSA) is 185 Å². The number of rotatable bonds is 10. The van der Waals surface area contributed by atoms with Gasteiger partial charge in [-0.15, -0.1) is 0 Å². The van der Waals surface area contributed by atoms with Crippen molar-refractivity contribution in [3.8, 4) is 0 Å². The van der Waals surface area contributed by atoms with E-state index in [0.29, 0.717) is 11.5 Å². The SMILES string of the molecule is C[CH2][Sn]([CH2]C)([S]CCS(=O)(=O)O)[S]CCS(=O)(=O)O.N=C(N)N. The van der Waals surface area contributed by atoms with Gasteiger partial charge in [0.15, 0.2) is 5.96 Å². The third-order valence-corrected chi connectivity index (χ3v) is 37.5. The fourth-order valence-electron chi connectivity index (χ4n) is 1.37. The number of hydrogen-bond donors (Lipinski definition) is 5. The second-order valence-corrected chi connectivity index (χ2v) is 35.3. The normalized spacial score (nSPS) is 12.3. The minimum absolute atomic E-state index is 0.269. The first-order chi connectivity index (χ1) is 10.3. The van der Waals surface area contributed by atoms with Gasteiger partial charge in [-0.3, -0.25) is 5.41 Å². The fraction of sp³-hybridized carbons (Fsp3) is 0.889. The van der Waals surface area contributed by atoms with E-state index in [9.17, 15) is 16.8 Å². The molecule has 0 aromatic rings. The summed E-state index contributed by atoms with van der Waals surface area (Å²) in [5, 5.41) is 6.06. The van der Waals surface area contributed by atoms with Crippen LogP contribution in [0.25, 0.3) is 0 Å². The van der Waals surface area contributed by atoms with Crippen LogP contribution < -0.4 is 11.5 Å². The van der Waals surface area contributed by atoms with Gasteiger partial charge in [0.25, 0.3) is 0 Å². The van der Waals surface area contributed by atoms with Crippen molar-refractivity contribution in [1.82, 2.24) is 0 Å². The summed E-state index contributed by atoms with van der Waals surface area (Å²) in [6.45, 7) is 4.06. The molecule has 0 amide bonds. The van der Waals surface area contributed by atoms with Crippen LogP contribution >= 0.6 is 17.9 Å². The maximum Gasteiger partial charge on any atom is 0.183 e. The first-order valence-electron chi connectivity index (χ1n) is 6.54. The molecule has 0 aliphatic heterocycles. The molecule has 0 rings (SSSR count). The minimum atomic E-state index is -3.94. The second kappa shape index (κ2) is 12.0. The van der Waals surface area contributed by atoms with Crippen LogP contribution in [0.15, 0.2) is 0 Å². The van der Waals surface area contributed by atoms with Gasteiger partial charge in [0.05, 0.1) is 0 Å². The molecular weight excluding hydrogens is 493 g/mol. The Morgan fingerprint density at radius 3 is 1.39 bits per heavy atom. The molecule has 0 fully saturated rings. The summed E-state index contributed by atoms with van der Waals surface area (Å²) in [7, 11) is -4.67. The van der Waals surface area contributed by atoms with E-state index in [-0.39, 0.29) is 17.5 Å². The van der Waals surface area contributed by atoms with Crippen LogP contribution in [0.3, 0.4) is 0 Å². The first-order valence-corrected chi connectivity index (χ1v) is 22.8. The Labute approximate surface area is 147 Å². The van der Waals surface area contributed by atoms with E-state index in [1.165, 1.54) is 0 Å². The zero-order chi connectivity index (χ0) is 18.7. The van der Waals surface area contributed by atoms with Crippen LogP contribution in [-0.4, -0.2) is 70.5 Å². The summed E-state index contributed by atoms with van der Waals surface area (Å²) in [5.41, 5.74) is 8.94. The van der Waals surface area contributed by atoms with Gasteiger partial charge in [-0.2, -0.15) is 0 Å². The summed E-state index contributed by atoms with van der Waals surface area (Å²) in [6, 6.07) is 0. The van der Waals surface area contributed by atoms with Gasteiger partial charge in [-0.05, 0) is 0 Å². The molecule has 0 radical (unpaired) electrons. The van der Waals surface area contributed by atoms with Crippen LogP contribution in [0.1, 0.15) is 13.8 Å².